The number of fused-ring (bicyclic) bond motifs is 1. The van der Waals surface area contributed by atoms with Gasteiger partial charge in [0.1, 0.15) is 17.9 Å². The first kappa shape index (κ1) is 26.3. The van der Waals surface area contributed by atoms with Crippen molar-refractivity contribution in [2.24, 2.45) is 0 Å². The van der Waals surface area contributed by atoms with Gasteiger partial charge in [-0.25, -0.2) is 0 Å². The Bertz CT molecular complexity index is 1380. The molecule has 2 amide bonds. The third-order valence-corrected chi connectivity index (χ3v) is 8.20. The van der Waals surface area contributed by atoms with Gasteiger partial charge in [0.25, 0.3) is 5.91 Å². The number of carbonyl (C=O) groups excluding carboxylic acids is 2. The van der Waals surface area contributed by atoms with Gasteiger partial charge < -0.3 is 20.3 Å². The Labute approximate surface area is 235 Å². The highest BCUT2D eigenvalue weighted by Gasteiger charge is 2.38. The molecule has 7 nitrogen and oxygen atoms in total. The normalized spacial score (nSPS) is 23.1. The molecule has 0 aliphatic carbocycles. The van der Waals surface area contributed by atoms with Crippen LogP contribution in [0.4, 0.5) is 0 Å². The van der Waals surface area contributed by atoms with Gasteiger partial charge in [0.15, 0.2) is 0 Å². The Balaban J connectivity index is 1.17. The second-order valence-corrected chi connectivity index (χ2v) is 11.0. The summed E-state index contributed by atoms with van der Waals surface area (Å²) in [6, 6.07) is 26.4. The molecule has 0 spiro atoms. The van der Waals surface area contributed by atoms with E-state index in [0.29, 0.717) is 30.6 Å². The Morgan fingerprint density at radius 1 is 0.950 bits per heavy atom. The Morgan fingerprint density at radius 3 is 2.45 bits per heavy atom. The van der Waals surface area contributed by atoms with Crippen molar-refractivity contribution in [3.63, 3.8) is 0 Å². The number of nitrogens with zero attached hydrogens (tertiary/aromatic N) is 2. The zero-order chi connectivity index (χ0) is 27.5. The fraction of sp³-hybridized carbons (Fsp3) is 0.333. The van der Waals surface area contributed by atoms with Crippen LogP contribution < -0.4 is 15.4 Å². The van der Waals surface area contributed by atoms with Crippen molar-refractivity contribution in [3.8, 4) is 5.75 Å². The van der Waals surface area contributed by atoms with Crippen LogP contribution in [0.15, 0.2) is 91.1 Å². The summed E-state index contributed by atoms with van der Waals surface area (Å²) >= 11 is 0. The van der Waals surface area contributed by atoms with E-state index in [1.54, 1.807) is 4.90 Å². The molecule has 3 unspecified atom stereocenters. The molecule has 3 aromatic carbocycles. The predicted molar refractivity (Wildman–Crippen MR) is 154 cm³/mol. The lowest BCUT2D eigenvalue weighted by molar-refractivity contribution is -0.126. The molecular formula is C33H36N4O3. The van der Waals surface area contributed by atoms with Crippen molar-refractivity contribution in [2.75, 3.05) is 13.1 Å². The topological polar surface area (TPSA) is 73.9 Å². The molecule has 2 saturated heterocycles. The number of carbonyl (C=O) groups is 2. The van der Waals surface area contributed by atoms with Gasteiger partial charge >= 0.3 is 0 Å². The van der Waals surface area contributed by atoms with E-state index in [4.69, 9.17) is 4.74 Å². The van der Waals surface area contributed by atoms with Crippen molar-refractivity contribution in [2.45, 2.75) is 57.1 Å². The van der Waals surface area contributed by atoms with Gasteiger partial charge in [0.2, 0.25) is 5.91 Å². The van der Waals surface area contributed by atoms with Gasteiger partial charge in [-0.3, -0.25) is 14.5 Å². The van der Waals surface area contributed by atoms with E-state index in [1.807, 2.05) is 30.3 Å². The Kier molecular flexibility index (Phi) is 7.66. The molecule has 206 valence electrons. The number of amides is 2. The first-order valence-corrected chi connectivity index (χ1v) is 14.2. The van der Waals surface area contributed by atoms with Gasteiger partial charge in [-0.05, 0) is 54.2 Å². The first-order chi connectivity index (χ1) is 19.5. The molecule has 3 aliphatic rings. The maximum atomic E-state index is 13.2. The molecule has 40 heavy (non-hydrogen) atoms. The highest BCUT2D eigenvalue weighted by atomic mass is 16.5. The fourth-order valence-electron chi connectivity index (χ4n) is 6.04. The molecule has 3 heterocycles. The van der Waals surface area contributed by atoms with Crippen LogP contribution in [0.2, 0.25) is 0 Å². The molecular weight excluding hydrogens is 500 g/mol. The largest absolute Gasteiger partial charge is 0.487 e. The van der Waals surface area contributed by atoms with Gasteiger partial charge in [0, 0.05) is 50.0 Å². The first-order valence-electron chi connectivity index (χ1n) is 14.2. The number of ether oxygens (including phenoxy) is 1. The van der Waals surface area contributed by atoms with Crippen molar-refractivity contribution in [1.29, 1.82) is 0 Å². The van der Waals surface area contributed by atoms with Gasteiger partial charge in [-0.2, -0.15) is 0 Å². The smallest absolute Gasteiger partial charge is 0.255 e. The van der Waals surface area contributed by atoms with Crippen molar-refractivity contribution in [1.82, 2.24) is 20.4 Å². The summed E-state index contributed by atoms with van der Waals surface area (Å²) in [6.07, 6.45) is 2.21. The van der Waals surface area contributed by atoms with Crippen LogP contribution in [0.3, 0.4) is 0 Å². The molecule has 3 aliphatic heterocycles. The molecule has 6 rings (SSSR count). The van der Waals surface area contributed by atoms with E-state index in [1.165, 1.54) is 11.1 Å². The Morgan fingerprint density at radius 2 is 1.70 bits per heavy atom. The maximum Gasteiger partial charge on any atom is 0.255 e. The minimum Gasteiger partial charge on any atom is -0.487 e. The number of allylic oxidation sites excluding steroid dienone is 1. The lowest BCUT2D eigenvalue weighted by Gasteiger charge is -2.39. The average Bonchev–Trinajstić information content (AvgIpc) is 3.29. The number of hydrogen-bond acceptors (Lipinski definition) is 5. The third-order valence-electron chi connectivity index (χ3n) is 8.20. The molecule has 7 heteroatoms. The predicted octanol–water partition coefficient (Wildman–Crippen LogP) is 4.25. The standard InChI is InChI=1S/C33H36N4O3/c1-23-12-15-30(32(38)35-23)37-21-26-18-27(13-14-28(26)33(37)39)40-31-22-36(20-25-10-6-3-7-11-25)17-16-29(31)34-19-24-8-4-2-5-9-24/h2-11,13-14,18,29-31,34H,1,12,15-17,19-22H2,(H,35,38). The van der Waals surface area contributed by atoms with Crippen molar-refractivity contribution < 1.29 is 14.3 Å². The molecule has 2 fully saturated rings. The quantitative estimate of drug-likeness (QED) is 0.451. The highest BCUT2D eigenvalue weighted by molar-refractivity contribution is 6.01. The molecule has 0 aromatic heterocycles. The zero-order valence-corrected chi connectivity index (χ0v) is 22.7. The third kappa shape index (κ3) is 5.81. The summed E-state index contributed by atoms with van der Waals surface area (Å²) in [6.45, 7) is 7.73. The number of piperidine rings is 2. The molecule has 3 aromatic rings. The molecule has 3 atom stereocenters. The minimum atomic E-state index is -0.466. The van der Waals surface area contributed by atoms with Crippen LogP contribution in [0.1, 0.15) is 46.3 Å². The van der Waals surface area contributed by atoms with Crippen LogP contribution in [0.5, 0.6) is 5.75 Å². The Hall–Kier alpha value is -3.94. The van der Waals surface area contributed by atoms with Crippen LogP contribution in [0.25, 0.3) is 0 Å². The van der Waals surface area contributed by atoms with Gasteiger partial charge in [-0.15, -0.1) is 0 Å². The van der Waals surface area contributed by atoms with Crippen molar-refractivity contribution in [3.05, 3.63) is 113 Å². The highest BCUT2D eigenvalue weighted by Crippen LogP contribution is 2.32. The number of hydrogen-bond donors (Lipinski definition) is 2. The van der Waals surface area contributed by atoms with Crippen LogP contribution in [-0.4, -0.2) is 52.9 Å². The number of benzene rings is 3. The molecule has 0 bridgehead atoms. The monoisotopic (exact) mass is 536 g/mol. The minimum absolute atomic E-state index is 0.0532. The molecule has 0 radical (unpaired) electrons. The number of nitrogens with one attached hydrogen (secondary N) is 2. The summed E-state index contributed by atoms with van der Waals surface area (Å²) in [4.78, 5) is 29.9. The average molecular weight is 537 g/mol. The molecule has 0 saturated carbocycles. The maximum absolute atomic E-state index is 13.2. The van der Waals surface area contributed by atoms with Crippen LogP contribution >= 0.6 is 0 Å². The van der Waals surface area contributed by atoms with Gasteiger partial charge in [0.05, 0.1) is 0 Å². The SMILES string of the molecule is C=C1CCC(N2Cc3cc(OC4CN(Cc5ccccc5)CCC4NCc4ccccc4)ccc3C2=O)C(=O)N1. The summed E-state index contributed by atoms with van der Waals surface area (Å²) in [5, 5.41) is 6.55. The van der Waals surface area contributed by atoms with E-state index < -0.39 is 6.04 Å². The lowest BCUT2D eigenvalue weighted by atomic mass is 10.00. The zero-order valence-electron chi connectivity index (χ0n) is 22.7. The second-order valence-electron chi connectivity index (χ2n) is 11.0. The summed E-state index contributed by atoms with van der Waals surface area (Å²) in [5.41, 5.74) is 4.82. The van der Waals surface area contributed by atoms with Crippen LogP contribution in [0, 0.1) is 0 Å². The van der Waals surface area contributed by atoms with E-state index in [-0.39, 0.29) is 24.0 Å². The molecule has 2 N–H and O–H groups in total. The lowest BCUT2D eigenvalue weighted by Crippen LogP contribution is -2.54. The summed E-state index contributed by atoms with van der Waals surface area (Å²) < 4.78 is 6.68. The summed E-state index contributed by atoms with van der Waals surface area (Å²) in [5.74, 6) is 0.512. The van der Waals surface area contributed by atoms with E-state index >= 15 is 0 Å². The van der Waals surface area contributed by atoms with E-state index in [9.17, 15) is 9.59 Å². The number of rotatable bonds is 8. The second kappa shape index (κ2) is 11.7. The van der Waals surface area contributed by atoms with Crippen LogP contribution in [-0.2, 0) is 24.4 Å². The fourth-order valence-corrected chi connectivity index (χ4v) is 6.04. The van der Waals surface area contributed by atoms with Crippen molar-refractivity contribution >= 4 is 11.8 Å². The number of likely N-dealkylation sites (tertiary alicyclic amines) is 1. The van der Waals surface area contributed by atoms with E-state index in [2.05, 4.69) is 70.6 Å². The van der Waals surface area contributed by atoms with E-state index in [0.717, 1.165) is 43.9 Å². The van der Waals surface area contributed by atoms with Gasteiger partial charge in [-0.1, -0.05) is 67.2 Å². The summed E-state index contributed by atoms with van der Waals surface area (Å²) in [7, 11) is 0.